The number of rotatable bonds is 7. The highest BCUT2D eigenvalue weighted by Gasteiger charge is 2.15. The van der Waals surface area contributed by atoms with Gasteiger partial charge in [-0.3, -0.25) is 9.79 Å². The molecule has 1 amide bonds. The van der Waals surface area contributed by atoms with Gasteiger partial charge in [0.05, 0.1) is 0 Å². The van der Waals surface area contributed by atoms with Crippen LogP contribution in [0.4, 0.5) is 0 Å². The van der Waals surface area contributed by atoms with E-state index in [2.05, 4.69) is 57.0 Å². The van der Waals surface area contributed by atoms with Gasteiger partial charge in [0.1, 0.15) is 0 Å². The highest BCUT2D eigenvalue weighted by atomic mass is 79.9. The molecule has 0 aliphatic rings. The third kappa shape index (κ3) is 7.74. The normalized spacial score (nSPS) is 12.0. The molecule has 128 valence electrons. The molecule has 1 aromatic rings. The van der Waals surface area contributed by atoms with Gasteiger partial charge in [-0.1, -0.05) is 22.0 Å². The minimum Gasteiger partial charge on any atom is -0.355 e. The Bertz CT molecular complexity index is 549. The van der Waals surface area contributed by atoms with Crippen LogP contribution in [0.5, 0.6) is 0 Å². The molecule has 0 aromatic heterocycles. The maximum Gasteiger partial charge on any atom is 0.251 e. The van der Waals surface area contributed by atoms with Crippen molar-refractivity contribution >= 4 is 39.6 Å². The number of guanidine groups is 1. The molecular weight excluding hydrogens is 376 g/mol. The Balaban J connectivity index is 2.31. The van der Waals surface area contributed by atoms with Crippen LogP contribution in [0.25, 0.3) is 0 Å². The predicted octanol–water partition coefficient (Wildman–Crippen LogP) is 2.49. The highest BCUT2D eigenvalue weighted by Crippen LogP contribution is 2.19. The van der Waals surface area contributed by atoms with Crippen molar-refractivity contribution in [1.29, 1.82) is 0 Å². The van der Waals surface area contributed by atoms with Crippen molar-refractivity contribution in [2.75, 3.05) is 32.9 Å². The Kier molecular flexibility index (Phi) is 8.47. The van der Waals surface area contributed by atoms with Crippen molar-refractivity contribution in [3.8, 4) is 0 Å². The standard InChI is InChI=1S/C16H25BrN4OS/c1-16(2,23-4)11-21-15(18-3)20-9-8-19-14(22)12-6-5-7-13(17)10-12/h5-7,10H,8-9,11H2,1-4H3,(H,19,22)(H2,18,20,21). The molecule has 0 saturated carbocycles. The largest absolute Gasteiger partial charge is 0.355 e. The molecule has 0 aliphatic heterocycles. The van der Waals surface area contributed by atoms with Crippen LogP contribution in [0.15, 0.2) is 33.7 Å². The van der Waals surface area contributed by atoms with E-state index in [1.54, 1.807) is 30.9 Å². The van der Waals surface area contributed by atoms with Gasteiger partial charge in [-0.15, -0.1) is 0 Å². The fourth-order valence-electron chi connectivity index (χ4n) is 1.68. The molecule has 0 atom stereocenters. The van der Waals surface area contributed by atoms with Crippen LogP contribution in [-0.2, 0) is 0 Å². The van der Waals surface area contributed by atoms with Gasteiger partial charge < -0.3 is 16.0 Å². The van der Waals surface area contributed by atoms with Crippen molar-refractivity contribution in [3.63, 3.8) is 0 Å². The Morgan fingerprint density at radius 1 is 1.26 bits per heavy atom. The lowest BCUT2D eigenvalue weighted by Crippen LogP contribution is -2.45. The van der Waals surface area contributed by atoms with Crippen LogP contribution in [0.1, 0.15) is 24.2 Å². The molecule has 0 unspecified atom stereocenters. The number of hydrogen-bond acceptors (Lipinski definition) is 3. The molecule has 23 heavy (non-hydrogen) atoms. The summed E-state index contributed by atoms with van der Waals surface area (Å²) < 4.78 is 1.04. The summed E-state index contributed by atoms with van der Waals surface area (Å²) in [5.41, 5.74) is 0.642. The lowest BCUT2D eigenvalue weighted by Gasteiger charge is -2.23. The van der Waals surface area contributed by atoms with Crippen LogP contribution in [0, 0.1) is 0 Å². The number of halogens is 1. The lowest BCUT2D eigenvalue weighted by atomic mass is 10.2. The summed E-state index contributed by atoms with van der Waals surface area (Å²) in [6, 6.07) is 7.33. The molecule has 0 saturated heterocycles. The minimum atomic E-state index is -0.0837. The number of aliphatic imine (C=N–C) groups is 1. The first-order valence-corrected chi connectivity index (χ1v) is 9.43. The number of nitrogens with zero attached hydrogens (tertiary/aromatic N) is 1. The molecule has 0 spiro atoms. The molecule has 3 N–H and O–H groups in total. The van der Waals surface area contributed by atoms with Crippen molar-refractivity contribution in [3.05, 3.63) is 34.3 Å². The summed E-state index contributed by atoms with van der Waals surface area (Å²) in [5.74, 6) is 0.656. The monoisotopic (exact) mass is 400 g/mol. The number of benzene rings is 1. The maximum atomic E-state index is 12.0. The summed E-state index contributed by atoms with van der Waals surface area (Å²) >= 11 is 5.17. The zero-order valence-electron chi connectivity index (χ0n) is 14.1. The number of amides is 1. The van der Waals surface area contributed by atoms with Gasteiger partial charge in [0.15, 0.2) is 5.96 Å². The smallest absolute Gasteiger partial charge is 0.251 e. The van der Waals surface area contributed by atoms with Crippen LogP contribution < -0.4 is 16.0 Å². The predicted molar refractivity (Wildman–Crippen MR) is 103 cm³/mol. The fraction of sp³-hybridized carbons (Fsp3) is 0.500. The van der Waals surface area contributed by atoms with Crippen molar-refractivity contribution in [2.24, 2.45) is 4.99 Å². The van der Waals surface area contributed by atoms with E-state index in [9.17, 15) is 4.79 Å². The van der Waals surface area contributed by atoms with Crippen molar-refractivity contribution in [1.82, 2.24) is 16.0 Å². The van der Waals surface area contributed by atoms with Crippen LogP contribution in [-0.4, -0.2) is 49.6 Å². The van der Waals surface area contributed by atoms with E-state index >= 15 is 0 Å². The third-order valence-electron chi connectivity index (χ3n) is 3.25. The van der Waals surface area contributed by atoms with E-state index in [4.69, 9.17) is 0 Å². The molecule has 0 fully saturated rings. The number of carbonyl (C=O) groups is 1. The van der Waals surface area contributed by atoms with Crippen LogP contribution >= 0.6 is 27.7 Å². The molecule has 0 heterocycles. The molecule has 7 heteroatoms. The quantitative estimate of drug-likeness (QED) is 0.373. The molecule has 5 nitrogen and oxygen atoms in total. The molecule has 1 rings (SSSR count). The second-order valence-corrected chi connectivity index (χ2v) is 8.01. The fourth-order valence-corrected chi connectivity index (χ4v) is 2.29. The number of nitrogens with one attached hydrogen (secondary N) is 3. The van der Waals surface area contributed by atoms with Gasteiger partial charge in [-0.05, 0) is 38.3 Å². The zero-order chi connectivity index (χ0) is 17.3. The average Bonchev–Trinajstić information content (AvgIpc) is 2.54. The first-order chi connectivity index (χ1) is 10.9. The Morgan fingerprint density at radius 3 is 2.57 bits per heavy atom. The van der Waals surface area contributed by atoms with E-state index in [1.807, 2.05) is 12.1 Å². The number of thioether (sulfide) groups is 1. The Labute approximate surface area is 151 Å². The average molecular weight is 401 g/mol. The molecule has 0 aliphatic carbocycles. The van der Waals surface area contributed by atoms with E-state index in [1.165, 1.54) is 0 Å². The SMILES string of the molecule is CN=C(NCCNC(=O)c1cccc(Br)c1)NCC(C)(C)SC. The van der Waals surface area contributed by atoms with E-state index in [-0.39, 0.29) is 10.7 Å². The summed E-state index contributed by atoms with van der Waals surface area (Å²) in [4.78, 5) is 16.2. The topological polar surface area (TPSA) is 65.5 Å². The lowest BCUT2D eigenvalue weighted by molar-refractivity contribution is 0.0954. The first kappa shape index (κ1) is 19.8. The summed E-state index contributed by atoms with van der Waals surface area (Å²) in [6.45, 7) is 6.31. The van der Waals surface area contributed by atoms with Gasteiger partial charge >= 0.3 is 0 Å². The number of hydrogen-bond donors (Lipinski definition) is 3. The second kappa shape index (κ2) is 9.82. The van der Waals surface area contributed by atoms with Gasteiger partial charge in [0.25, 0.3) is 5.91 Å². The Hall–Kier alpha value is -1.21. The minimum absolute atomic E-state index is 0.0837. The van der Waals surface area contributed by atoms with Gasteiger partial charge in [0, 0.05) is 41.5 Å². The van der Waals surface area contributed by atoms with Gasteiger partial charge in [-0.2, -0.15) is 11.8 Å². The molecule has 0 radical (unpaired) electrons. The van der Waals surface area contributed by atoms with Crippen LogP contribution in [0.3, 0.4) is 0 Å². The molecular formula is C16H25BrN4OS. The van der Waals surface area contributed by atoms with E-state index in [0.29, 0.717) is 18.7 Å². The van der Waals surface area contributed by atoms with Crippen LogP contribution in [0.2, 0.25) is 0 Å². The highest BCUT2D eigenvalue weighted by molar-refractivity contribution is 9.10. The van der Waals surface area contributed by atoms with Crippen molar-refractivity contribution in [2.45, 2.75) is 18.6 Å². The third-order valence-corrected chi connectivity index (χ3v) is 4.99. The van der Waals surface area contributed by atoms with E-state index < -0.39 is 0 Å². The molecule has 0 bridgehead atoms. The van der Waals surface area contributed by atoms with Gasteiger partial charge in [-0.25, -0.2) is 0 Å². The summed E-state index contributed by atoms with van der Waals surface area (Å²) in [7, 11) is 1.74. The van der Waals surface area contributed by atoms with Gasteiger partial charge in [0.2, 0.25) is 0 Å². The summed E-state index contributed by atoms with van der Waals surface area (Å²) in [6.07, 6.45) is 2.09. The second-order valence-electron chi connectivity index (χ2n) is 5.58. The Morgan fingerprint density at radius 2 is 1.96 bits per heavy atom. The number of carbonyl (C=O) groups excluding carboxylic acids is 1. The maximum absolute atomic E-state index is 12.0. The first-order valence-electron chi connectivity index (χ1n) is 7.41. The molecule has 1 aromatic carbocycles. The van der Waals surface area contributed by atoms with E-state index in [0.717, 1.165) is 17.0 Å². The van der Waals surface area contributed by atoms with Crippen molar-refractivity contribution < 1.29 is 4.79 Å². The summed E-state index contributed by atoms with van der Waals surface area (Å²) in [5, 5.41) is 9.36. The zero-order valence-corrected chi connectivity index (χ0v) is 16.5.